The molecule has 29 heavy (non-hydrogen) atoms. The number of nitro groups is 1. The van der Waals surface area contributed by atoms with Gasteiger partial charge in [0, 0.05) is 58.1 Å². The zero-order valence-electron chi connectivity index (χ0n) is 17.0. The van der Waals surface area contributed by atoms with Crippen molar-refractivity contribution in [2.24, 2.45) is 0 Å². The molecular formula is C21H26N4O4. The second-order valence-corrected chi connectivity index (χ2v) is 7.24. The van der Waals surface area contributed by atoms with Crippen LogP contribution in [-0.2, 0) is 11.3 Å². The quantitative estimate of drug-likeness (QED) is 0.550. The van der Waals surface area contributed by atoms with E-state index in [-0.39, 0.29) is 11.6 Å². The van der Waals surface area contributed by atoms with Gasteiger partial charge in [-0.1, -0.05) is 18.2 Å². The molecule has 1 heterocycles. The lowest BCUT2D eigenvalue weighted by Crippen LogP contribution is -2.37. The Bertz CT molecular complexity index is 894. The van der Waals surface area contributed by atoms with Crippen LogP contribution in [-0.4, -0.2) is 63.2 Å². The van der Waals surface area contributed by atoms with E-state index in [0.29, 0.717) is 31.0 Å². The van der Waals surface area contributed by atoms with Crippen LogP contribution in [0.2, 0.25) is 0 Å². The van der Waals surface area contributed by atoms with Crippen LogP contribution in [0.4, 0.5) is 17.1 Å². The molecule has 0 aromatic heterocycles. The Labute approximate surface area is 170 Å². The number of hydrogen-bond acceptors (Lipinski definition) is 6. The van der Waals surface area contributed by atoms with Crippen molar-refractivity contribution in [1.29, 1.82) is 0 Å². The van der Waals surface area contributed by atoms with Gasteiger partial charge in [-0.25, -0.2) is 0 Å². The lowest BCUT2D eigenvalue weighted by molar-refractivity contribution is -0.384. The van der Waals surface area contributed by atoms with Gasteiger partial charge in [-0.2, -0.15) is 0 Å². The van der Waals surface area contributed by atoms with Gasteiger partial charge in [0.15, 0.2) is 0 Å². The minimum absolute atomic E-state index is 0.0806. The predicted molar refractivity (Wildman–Crippen MR) is 113 cm³/mol. The molecule has 0 N–H and O–H groups in total. The van der Waals surface area contributed by atoms with Gasteiger partial charge in [0.25, 0.3) is 11.6 Å². The number of benzene rings is 2. The lowest BCUT2D eigenvalue weighted by Gasteiger charge is -2.31. The summed E-state index contributed by atoms with van der Waals surface area (Å²) in [5.74, 6) is -0.254. The Kier molecular flexibility index (Phi) is 6.33. The van der Waals surface area contributed by atoms with Crippen molar-refractivity contribution >= 4 is 23.0 Å². The van der Waals surface area contributed by atoms with Crippen LogP contribution in [0.1, 0.15) is 15.9 Å². The number of amides is 1. The number of para-hydroxylation sites is 1. The first kappa shape index (κ1) is 20.6. The summed E-state index contributed by atoms with van der Waals surface area (Å²) in [6, 6.07) is 12.6. The summed E-state index contributed by atoms with van der Waals surface area (Å²) < 4.78 is 5.43. The van der Waals surface area contributed by atoms with Crippen LogP contribution in [0, 0.1) is 10.1 Å². The molecule has 0 atom stereocenters. The highest BCUT2D eigenvalue weighted by atomic mass is 16.6. The van der Waals surface area contributed by atoms with Gasteiger partial charge < -0.3 is 19.4 Å². The van der Waals surface area contributed by atoms with E-state index < -0.39 is 4.92 Å². The summed E-state index contributed by atoms with van der Waals surface area (Å²) in [6.45, 7) is 3.41. The molecule has 1 aliphatic rings. The topological polar surface area (TPSA) is 79.2 Å². The molecule has 0 unspecified atom stereocenters. The second-order valence-electron chi connectivity index (χ2n) is 7.24. The molecule has 8 nitrogen and oxygen atoms in total. The predicted octanol–water partition coefficient (Wildman–Crippen LogP) is 2.77. The van der Waals surface area contributed by atoms with E-state index in [2.05, 4.69) is 11.0 Å². The SMILES string of the molecule is CN(Cc1ccccc1N1CCOCC1)C(=O)c1ccc(N(C)C)c([N+](=O)[O-])c1. The molecule has 1 aliphatic heterocycles. The summed E-state index contributed by atoms with van der Waals surface area (Å²) in [7, 11) is 5.18. The lowest BCUT2D eigenvalue weighted by atomic mass is 10.1. The third-order valence-corrected chi connectivity index (χ3v) is 5.00. The number of ether oxygens (including phenoxy) is 1. The number of nitro benzene ring substituents is 1. The number of nitrogens with zero attached hydrogens (tertiary/aromatic N) is 4. The van der Waals surface area contributed by atoms with E-state index in [1.165, 1.54) is 6.07 Å². The monoisotopic (exact) mass is 398 g/mol. The van der Waals surface area contributed by atoms with Crippen molar-refractivity contribution in [3.63, 3.8) is 0 Å². The Hall–Kier alpha value is -3.13. The first-order valence-corrected chi connectivity index (χ1v) is 9.50. The molecule has 8 heteroatoms. The van der Waals surface area contributed by atoms with Gasteiger partial charge >= 0.3 is 0 Å². The van der Waals surface area contributed by atoms with Crippen LogP contribution >= 0.6 is 0 Å². The van der Waals surface area contributed by atoms with Crippen molar-refractivity contribution in [3.8, 4) is 0 Å². The number of carbonyl (C=O) groups excluding carboxylic acids is 1. The normalized spacial score (nSPS) is 13.8. The Morgan fingerprint density at radius 2 is 1.83 bits per heavy atom. The Morgan fingerprint density at radius 1 is 1.14 bits per heavy atom. The molecule has 1 saturated heterocycles. The van der Waals surface area contributed by atoms with Crippen LogP contribution in [0.5, 0.6) is 0 Å². The van der Waals surface area contributed by atoms with Gasteiger partial charge in [0.2, 0.25) is 0 Å². The van der Waals surface area contributed by atoms with Gasteiger partial charge in [0.1, 0.15) is 5.69 Å². The third-order valence-electron chi connectivity index (χ3n) is 5.00. The first-order chi connectivity index (χ1) is 13.9. The Morgan fingerprint density at radius 3 is 2.48 bits per heavy atom. The largest absolute Gasteiger partial charge is 0.378 e. The molecule has 0 bridgehead atoms. The maximum atomic E-state index is 12.9. The van der Waals surface area contributed by atoms with E-state index in [4.69, 9.17) is 4.74 Å². The molecule has 2 aromatic rings. The molecule has 0 spiro atoms. The van der Waals surface area contributed by atoms with Gasteiger partial charge in [-0.3, -0.25) is 14.9 Å². The zero-order valence-corrected chi connectivity index (χ0v) is 17.0. The van der Waals surface area contributed by atoms with Crippen LogP contribution in [0.25, 0.3) is 0 Å². The van der Waals surface area contributed by atoms with E-state index >= 15 is 0 Å². The minimum Gasteiger partial charge on any atom is -0.378 e. The summed E-state index contributed by atoms with van der Waals surface area (Å²) in [6.07, 6.45) is 0. The van der Waals surface area contributed by atoms with Crippen LogP contribution < -0.4 is 9.80 Å². The molecule has 0 aliphatic carbocycles. The van der Waals surface area contributed by atoms with E-state index in [1.807, 2.05) is 18.2 Å². The van der Waals surface area contributed by atoms with Gasteiger partial charge in [0.05, 0.1) is 18.1 Å². The standard InChI is InChI=1S/C21H26N4O4/c1-22(2)19-9-8-16(14-20(19)25(27)28)21(26)23(3)15-17-6-4-5-7-18(17)24-10-12-29-13-11-24/h4-9,14H,10-13,15H2,1-3H3. The highest BCUT2D eigenvalue weighted by Crippen LogP contribution is 2.29. The summed E-state index contributed by atoms with van der Waals surface area (Å²) >= 11 is 0. The summed E-state index contributed by atoms with van der Waals surface area (Å²) in [5.41, 5.74) is 2.80. The molecule has 2 aromatic carbocycles. The van der Waals surface area contributed by atoms with E-state index in [1.54, 1.807) is 43.1 Å². The molecule has 1 fully saturated rings. The second kappa shape index (κ2) is 8.91. The van der Waals surface area contributed by atoms with Crippen molar-refractivity contribution in [1.82, 2.24) is 4.90 Å². The highest BCUT2D eigenvalue weighted by molar-refractivity contribution is 5.95. The minimum atomic E-state index is -0.458. The van der Waals surface area contributed by atoms with Crippen LogP contribution in [0.3, 0.4) is 0 Å². The summed E-state index contributed by atoms with van der Waals surface area (Å²) in [4.78, 5) is 29.4. The van der Waals surface area contributed by atoms with E-state index in [9.17, 15) is 14.9 Å². The molecule has 0 saturated carbocycles. The van der Waals surface area contributed by atoms with Gasteiger partial charge in [-0.05, 0) is 23.8 Å². The highest BCUT2D eigenvalue weighted by Gasteiger charge is 2.22. The molecule has 0 radical (unpaired) electrons. The first-order valence-electron chi connectivity index (χ1n) is 9.50. The number of morpholine rings is 1. The summed E-state index contributed by atoms with van der Waals surface area (Å²) in [5, 5.41) is 11.4. The smallest absolute Gasteiger partial charge is 0.293 e. The van der Waals surface area contributed by atoms with Crippen molar-refractivity contribution < 1.29 is 14.5 Å². The maximum Gasteiger partial charge on any atom is 0.293 e. The van der Waals surface area contributed by atoms with Crippen molar-refractivity contribution in [2.45, 2.75) is 6.54 Å². The Balaban J connectivity index is 1.81. The number of hydrogen-bond donors (Lipinski definition) is 0. The van der Waals surface area contributed by atoms with Crippen LogP contribution in [0.15, 0.2) is 42.5 Å². The maximum absolute atomic E-state index is 12.9. The fourth-order valence-corrected chi connectivity index (χ4v) is 3.49. The number of carbonyl (C=O) groups is 1. The fourth-order valence-electron chi connectivity index (χ4n) is 3.49. The number of rotatable bonds is 6. The van der Waals surface area contributed by atoms with Gasteiger partial charge in [-0.15, -0.1) is 0 Å². The molecule has 154 valence electrons. The fraction of sp³-hybridized carbons (Fsp3) is 0.381. The molecule has 1 amide bonds. The molecule has 3 rings (SSSR count). The third kappa shape index (κ3) is 4.65. The zero-order chi connectivity index (χ0) is 21.0. The average molecular weight is 398 g/mol. The van der Waals surface area contributed by atoms with Crippen molar-refractivity contribution in [3.05, 3.63) is 63.7 Å². The van der Waals surface area contributed by atoms with Crippen molar-refractivity contribution in [2.75, 3.05) is 57.2 Å². The molecular weight excluding hydrogens is 372 g/mol. The number of anilines is 2. The van der Waals surface area contributed by atoms with E-state index in [0.717, 1.165) is 24.3 Å². The average Bonchev–Trinajstić information content (AvgIpc) is 2.73.